The van der Waals surface area contributed by atoms with Crippen LogP contribution in [0.15, 0.2) is 46.2 Å². The van der Waals surface area contributed by atoms with Crippen molar-refractivity contribution in [2.75, 3.05) is 0 Å². The van der Waals surface area contributed by atoms with E-state index in [1.807, 2.05) is 7.05 Å². The Morgan fingerprint density at radius 1 is 1.00 bits per heavy atom. The number of nitrogens with zero attached hydrogens (tertiary/aromatic N) is 4. The molecule has 0 atom stereocenters. The summed E-state index contributed by atoms with van der Waals surface area (Å²) in [6.45, 7) is 4.20. The number of rotatable bonds is 5. The minimum atomic E-state index is 0.789. The molecule has 3 aromatic heterocycles. The monoisotopic (exact) mass is 398 g/mol. The van der Waals surface area contributed by atoms with Crippen molar-refractivity contribution in [2.45, 2.75) is 24.8 Å². The second-order valence-corrected chi connectivity index (χ2v) is 9.03. The predicted molar refractivity (Wildman–Crippen MR) is 111 cm³/mol. The number of hydrogen-bond donors (Lipinski definition) is 0. The summed E-state index contributed by atoms with van der Waals surface area (Å²) in [5.74, 6) is 1.70. The summed E-state index contributed by atoms with van der Waals surface area (Å²) in [4.78, 5) is 6.05. The number of thioether (sulfide) groups is 1. The van der Waals surface area contributed by atoms with Crippen LogP contribution >= 0.6 is 34.4 Å². The zero-order chi connectivity index (χ0) is 18.1. The van der Waals surface area contributed by atoms with Crippen LogP contribution in [0.2, 0.25) is 0 Å². The number of benzene rings is 1. The quantitative estimate of drug-likeness (QED) is 0.412. The van der Waals surface area contributed by atoms with Crippen molar-refractivity contribution in [2.24, 2.45) is 7.05 Å². The summed E-state index contributed by atoms with van der Waals surface area (Å²) in [6.07, 6.45) is 0. The van der Waals surface area contributed by atoms with Crippen molar-refractivity contribution in [3.05, 3.63) is 57.2 Å². The van der Waals surface area contributed by atoms with Crippen molar-refractivity contribution < 1.29 is 0 Å². The van der Waals surface area contributed by atoms with Crippen LogP contribution in [0.1, 0.15) is 16.1 Å². The summed E-state index contributed by atoms with van der Waals surface area (Å²) in [7, 11) is 2.02. The lowest BCUT2D eigenvalue weighted by Crippen LogP contribution is -1.94. The standard InChI is InChI=1S/C19H18N4S3/c1-12-4-6-14(7-5-12)18-20-16(10-25-18)11-26-19-22-21-17(23(19)3)15-8-13(2)24-9-15/h4-10H,11H2,1-3H3. The Labute approximate surface area is 165 Å². The first-order valence-electron chi connectivity index (χ1n) is 8.19. The minimum absolute atomic E-state index is 0.789. The third-order valence-electron chi connectivity index (χ3n) is 4.02. The molecule has 1 aromatic carbocycles. The van der Waals surface area contributed by atoms with Gasteiger partial charge in [0.25, 0.3) is 0 Å². The third-order valence-corrected chi connectivity index (χ3v) is 6.88. The van der Waals surface area contributed by atoms with Crippen molar-refractivity contribution >= 4 is 34.4 Å². The van der Waals surface area contributed by atoms with Gasteiger partial charge in [-0.05, 0) is 19.9 Å². The summed E-state index contributed by atoms with van der Waals surface area (Å²) < 4.78 is 2.05. The molecule has 0 spiro atoms. The fraction of sp³-hybridized carbons (Fsp3) is 0.211. The molecule has 0 radical (unpaired) electrons. The van der Waals surface area contributed by atoms with Crippen molar-refractivity contribution in [3.8, 4) is 22.0 Å². The zero-order valence-corrected chi connectivity index (χ0v) is 17.2. The Morgan fingerprint density at radius 3 is 2.54 bits per heavy atom. The molecular weight excluding hydrogens is 380 g/mol. The Hall–Kier alpha value is -1.96. The maximum Gasteiger partial charge on any atom is 0.191 e. The highest BCUT2D eigenvalue weighted by Crippen LogP contribution is 2.30. The van der Waals surface area contributed by atoms with Crippen LogP contribution in [0.25, 0.3) is 22.0 Å². The lowest BCUT2D eigenvalue weighted by molar-refractivity contribution is 0.793. The zero-order valence-electron chi connectivity index (χ0n) is 14.8. The molecule has 0 amide bonds. The van der Waals surface area contributed by atoms with Crippen LogP contribution in [0.5, 0.6) is 0 Å². The van der Waals surface area contributed by atoms with E-state index in [-0.39, 0.29) is 0 Å². The average Bonchev–Trinajstić information content (AvgIpc) is 3.34. The molecule has 4 aromatic rings. The lowest BCUT2D eigenvalue weighted by Gasteiger charge is -2.01. The molecular formula is C19H18N4S3. The molecule has 26 heavy (non-hydrogen) atoms. The normalized spacial score (nSPS) is 11.2. The minimum Gasteiger partial charge on any atom is -0.305 e. The van der Waals surface area contributed by atoms with Crippen LogP contribution < -0.4 is 0 Å². The fourth-order valence-corrected chi connectivity index (χ4v) is 5.01. The van der Waals surface area contributed by atoms with Crippen LogP contribution in [0.4, 0.5) is 0 Å². The molecule has 0 aliphatic carbocycles. The van der Waals surface area contributed by atoms with Gasteiger partial charge < -0.3 is 4.57 Å². The van der Waals surface area contributed by atoms with Gasteiger partial charge in [0.05, 0.1) is 5.69 Å². The van der Waals surface area contributed by atoms with E-state index in [0.29, 0.717) is 0 Å². The summed E-state index contributed by atoms with van der Waals surface area (Å²) in [5, 5.41) is 14.9. The van der Waals surface area contributed by atoms with Gasteiger partial charge in [-0.25, -0.2) is 4.98 Å². The van der Waals surface area contributed by atoms with Gasteiger partial charge in [-0.2, -0.15) is 0 Å². The number of aryl methyl sites for hydroxylation is 2. The van der Waals surface area contributed by atoms with E-state index < -0.39 is 0 Å². The number of hydrogen-bond acceptors (Lipinski definition) is 6. The summed E-state index contributed by atoms with van der Waals surface area (Å²) in [5.41, 5.74) is 4.64. The Morgan fingerprint density at radius 2 is 1.81 bits per heavy atom. The largest absolute Gasteiger partial charge is 0.305 e. The summed E-state index contributed by atoms with van der Waals surface area (Å²) >= 11 is 5.09. The van der Waals surface area contributed by atoms with Gasteiger partial charge in [-0.1, -0.05) is 41.6 Å². The maximum atomic E-state index is 4.77. The molecule has 0 fully saturated rings. The second kappa shape index (κ2) is 7.34. The molecule has 7 heteroatoms. The molecule has 3 heterocycles. The average molecular weight is 399 g/mol. The molecule has 4 rings (SSSR count). The highest BCUT2D eigenvalue weighted by Gasteiger charge is 2.13. The predicted octanol–water partition coefficient (Wildman–Crippen LogP) is 5.58. The molecule has 0 N–H and O–H groups in total. The van der Waals surface area contributed by atoms with Crippen molar-refractivity contribution in [1.82, 2.24) is 19.7 Å². The molecule has 132 valence electrons. The fourth-order valence-electron chi connectivity index (χ4n) is 2.59. The van der Waals surface area contributed by atoms with E-state index in [1.165, 1.54) is 16.0 Å². The van der Waals surface area contributed by atoms with Gasteiger partial charge in [0, 0.05) is 39.6 Å². The van der Waals surface area contributed by atoms with E-state index in [9.17, 15) is 0 Å². The van der Waals surface area contributed by atoms with Crippen molar-refractivity contribution in [1.29, 1.82) is 0 Å². The smallest absolute Gasteiger partial charge is 0.191 e. The molecule has 0 saturated carbocycles. The lowest BCUT2D eigenvalue weighted by atomic mass is 10.2. The van der Waals surface area contributed by atoms with Gasteiger partial charge in [0.1, 0.15) is 5.01 Å². The first kappa shape index (κ1) is 17.5. The molecule has 0 saturated heterocycles. The summed E-state index contributed by atoms with van der Waals surface area (Å²) in [6, 6.07) is 10.7. The van der Waals surface area contributed by atoms with Gasteiger partial charge in [-0.15, -0.1) is 32.9 Å². The van der Waals surface area contributed by atoms with Crippen LogP contribution in [0.3, 0.4) is 0 Å². The molecule has 0 bridgehead atoms. The molecule has 0 aliphatic heterocycles. The highest BCUT2D eigenvalue weighted by molar-refractivity contribution is 7.98. The number of aromatic nitrogens is 4. The van der Waals surface area contributed by atoms with Crippen LogP contribution in [-0.4, -0.2) is 19.7 Å². The van der Waals surface area contributed by atoms with Gasteiger partial charge in [-0.3, -0.25) is 0 Å². The highest BCUT2D eigenvalue weighted by atomic mass is 32.2. The van der Waals surface area contributed by atoms with Crippen molar-refractivity contribution in [3.63, 3.8) is 0 Å². The first-order chi connectivity index (χ1) is 12.6. The second-order valence-electron chi connectivity index (χ2n) is 6.11. The SMILES string of the molecule is Cc1ccc(-c2nc(CSc3nnc(-c4csc(C)c4)n3C)cs2)cc1. The molecule has 0 aliphatic rings. The van der Waals surface area contributed by atoms with E-state index >= 15 is 0 Å². The first-order valence-corrected chi connectivity index (χ1v) is 10.9. The van der Waals surface area contributed by atoms with Gasteiger partial charge in [0.2, 0.25) is 0 Å². The Bertz CT molecular complexity index is 1030. The Kier molecular flexibility index (Phi) is 4.93. The van der Waals surface area contributed by atoms with Gasteiger partial charge in [0.15, 0.2) is 11.0 Å². The topological polar surface area (TPSA) is 43.6 Å². The number of thiophene rings is 1. The van der Waals surface area contributed by atoms with Crippen LogP contribution in [-0.2, 0) is 12.8 Å². The molecule has 0 unspecified atom stereocenters. The van der Waals surface area contributed by atoms with E-state index in [0.717, 1.165) is 33.0 Å². The van der Waals surface area contributed by atoms with Crippen LogP contribution in [0, 0.1) is 13.8 Å². The maximum absolute atomic E-state index is 4.77. The van der Waals surface area contributed by atoms with E-state index in [4.69, 9.17) is 4.98 Å². The van der Waals surface area contributed by atoms with E-state index in [2.05, 4.69) is 69.7 Å². The molecule has 4 nitrogen and oxygen atoms in total. The number of thiazole rings is 1. The van der Waals surface area contributed by atoms with E-state index in [1.54, 1.807) is 34.4 Å². The Balaban J connectivity index is 1.46. The third kappa shape index (κ3) is 3.60. The van der Waals surface area contributed by atoms with Gasteiger partial charge >= 0.3 is 0 Å².